The van der Waals surface area contributed by atoms with E-state index in [1.165, 1.54) is 28.4 Å². The molecule has 0 saturated carbocycles. The lowest BCUT2D eigenvalue weighted by molar-refractivity contribution is 0.374. The zero-order valence-corrected chi connectivity index (χ0v) is 33.1. The molecule has 12 heteroatoms. The molecule has 0 aliphatic rings. The minimum absolute atomic E-state index is 0.0349. The smallest absolute Gasteiger partial charge is 0.167 e. The van der Waals surface area contributed by atoms with Gasteiger partial charge in [-0.3, -0.25) is 0 Å². The molecule has 8 aromatic rings. The predicted molar refractivity (Wildman–Crippen MR) is 230 cm³/mol. The van der Waals surface area contributed by atoms with Crippen molar-refractivity contribution in [2.24, 2.45) is 0 Å². The summed E-state index contributed by atoms with van der Waals surface area (Å²) in [6, 6.07) is 43.1. The third kappa shape index (κ3) is 8.29. The fourth-order valence-electron chi connectivity index (χ4n) is 6.48. The van der Waals surface area contributed by atoms with Gasteiger partial charge in [-0.15, -0.1) is 0 Å². The maximum absolute atomic E-state index is 10.5. The van der Waals surface area contributed by atoms with Crippen LogP contribution >= 0.6 is 0 Å². The Labute approximate surface area is 346 Å². The van der Waals surface area contributed by atoms with Gasteiger partial charge in [-0.1, -0.05) is 48.5 Å². The Hall–Kier alpha value is -8.12. The van der Waals surface area contributed by atoms with Gasteiger partial charge in [0.05, 0.1) is 74.0 Å². The molecular weight excluding hydrogens is 761 g/mol. The molecule has 4 aromatic heterocycles. The largest absolute Gasteiger partial charge is 0.504 e. The van der Waals surface area contributed by atoms with Crippen molar-refractivity contribution in [1.29, 1.82) is 0 Å². The van der Waals surface area contributed by atoms with Gasteiger partial charge in [-0.2, -0.15) is 0 Å². The van der Waals surface area contributed by atoms with Crippen molar-refractivity contribution >= 4 is 0 Å². The van der Waals surface area contributed by atoms with Gasteiger partial charge in [-0.25, -0.2) is 19.9 Å². The number of ether oxygens (including phenoxy) is 4. The van der Waals surface area contributed by atoms with Crippen molar-refractivity contribution in [2.45, 2.75) is 0 Å². The highest BCUT2D eigenvalue weighted by Gasteiger charge is 2.16. The lowest BCUT2D eigenvalue weighted by Crippen LogP contribution is -1.94. The van der Waals surface area contributed by atoms with Crippen molar-refractivity contribution in [3.63, 3.8) is 0 Å². The molecule has 0 saturated heterocycles. The average Bonchev–Trinajstić information content (AvgIpc) is 3.29. The molecule has 8 rings (SSSR count). The number of nitrogens with zero attached hydrogens (tertiary/aromatic N) is 4. The minimum atomic E-state index is 0.0349. The first-order valence-corrected chi connectivity index (χ1v) is 18.6. The number of phenolic OH excluding ortho intramolecular Hbond substituents is 4. The lowest BCUT2D eigenvalue weighted by Gasteiger charge is -2.11. The standard InChI is InChI=1S/2C24H20N2O4/c2*1-29-21-13-3-7-15(23(21)27)17-9-5-11-19(25-17)20-12-6-10-18(26-20)16-8-4-14-22(30-2)24(16)28/h2*3-14,27-28H,1-2H3. The molecule has 0 atom stereocenters. The lowest BCUT2D eigenvalue weighted by atomic mass is 10.1. The van der Waals surface area contributed by atoms with Crippen LogP contribution in [0.4, 0.5) is 0 Å². The molecule has 0 spiro atoms. The number of benzene rings is 4. The topological polar surface area (TPSA) is 169 Å². The molecule has 0 amide bonds. The molecule has 0 aliphatic carbocycles. The molecule has 4 aromatic carbocycles. The van der Waals surface area contributed by atoms with Gasteiger partial charge in [-0.05, 0) is 97.1 Å². The number of hydrogen-bond donors (Lipinski definition) is 4. The van der Waals surface area contributed by atoms with Crippen LogP contribution in [0.3, 0.4) is 0 Å². The van der Waals surface area contributed by atoms with Crippen LogP contribution in [0.1, 0.15) is 0 Å². The maximum Gasteiger partial charge on any atom is 0.167 e. The highest BCUT2D eigenvalue weighted by atomic mass is 16.5. The highest BCUT2D eigenvalue weighted by molar-refractivity contribution is 5.76. The molecule has 0 aliphatic heterocycles. The van der Waals surface area contributed by atoms with E-state index in [2.05, 4.69) is 19.9 Å². The van der Waals surface area contributed by atoms with Crippen molar-refractivity contribution in [2.75, 3.05) is 28.4 Å². The number of para-hydroxylation sites is 4. The second kappa shape index (κ2) is 18.0. The van der Waals surface area contributed by atoms with Crippen molar-refractivity contribution in [3.8, 4) is 114 Å². The van der Waals surface area contributed by atoms with E-state index in [1.807, 2.05) is 72.8 Å². The molecule has 0 bridgehead atoms. The van der Waals surface area contributed by atoms with Crippen LogP contribution in [0.2, 0.25) is 0 Å². The molecule has 0 unspecified atom stereocenters. The van der Waals surface area contributed by atoms with E-state index in [0.29, 0.717) is 90.8 Å². The van der Waals surface area contributed by atoms with Gasteiger partial charge in [0, 0.05) is 22.3 Å². The van der Waals surface area contributed by atoms with E-state index >= 15 is 0 Å². The Morgan fingerprint density at radius 3 is 0.650 bits per heavy atom. The average molecular weight is 801 g/mol. The Balaban J connectivity index is 0.000000181. The van der Waals surface area contributed by atoms with E-state index in [0.717, 1.165) is 0 Å². The number of pyridine rings is 4. The van der Waals surface area contributed by atoms with Crippen LogP contribution in [-0.2, 0) is 0 Å². The van der Waals surface area contributed by atoms with E-state index in [4.69, 9.17) is 18.9 Å². The number of phenols is 4. The first-order chi connectivity index (χ1) is 29.2. The summed E-state index contributed by atoms with van der Waals surface area (Å²) in [6.45, 7) is 0. The summed E-state index contributed by atoms with van der Waals surface area (Å²) >= 11 is 0. The van der Waals surface area contributed by atoms with E-state index in [1.54, 1.807) is 72.8 Å². The van der Waals surface area contributed by atoms with Crippen LogP contribution < -0.4 is 18.9 Å². The fraction of sp³-hybridized carbons (Fsp3) is 0.0833. The SMILES string of the molecule is COc1cccc(-c2cccc(-c3cccc(-c4cccc(OC)c4O)n3)n2)c1O.COc1cccc(-c2cccc(-c3cccc(-c4cccc(OC)c4O)n3)n2)c1O. The summed E-state index contributed by atoms with van der Waals surface area (Å²) in [5.74, 6) is 1.67. The van der Waals surface area contributed by atoms with Gasteiger partial charge in [0.15, 0.2) is 46.0 Å². The Morgan fingerprint density at radius 2 is 0.450 bits per heavy atom. The Kier molecular flexibility index (Phi) is 12.0. The monoisotopic (exact) mass is 800 g/mol. The van der Waals surface area contributed by atoms with Crippen LogP contribution in [0.15, 0.2) is 146 Å². The van der Waals surface area contributed by atoms with Crippen LogP contribution in [0.5, 0.6) is 46.0 Å². The van der Waals surface area contributed by atoms with Crippen LogP contribution in [-0.4, -0.2) is 68.8 Å². The highest BCUT2D eigenvalue weighted by Crippen LogP contribution is 2.40. The summed E-state index contributed by atoms with van der Waals surface area (Å²) in [5, 5.41) is 41.8. The fourth-order valence-corrected chi connectivity index (χ4v) is 6.48. The van der Waals surface area contributed by atoms with E-state index in [-0.39, 0.29) is 23.0 Å². The van der Waals surface area contributed by atoms with E-state index < -0.39 is 0 Å². The van der Waals surface area contributed by atoms with Crippen molar-refractivity contribution < 1.29 is 39.4 Å². The number of methoxy groups -OCH3 is 4. The summed E-state index contributed by atoms with van der Waals surface area (Å²) in [5.41, 5.74) is 7.21. The summed E-state index contributed by atoms with van der Waals surface area (Å²) in [7, 11) is 6.02. The molecule has 12 nitrogen and oxygen atoms in total. The zero-order chi connectivity index (χ0) is 42.2. The minimum Gasteiger partial charge on any atom is -0.504 e. The van der Waals surface area contributed by atoms with Crippen LogP contribution in [0, 0.1) is 0 Å². The van der Waals surface area contributed by atoms with Crippen molar-refractivity contribution in [1.82, 2.24) is 19.9 Å². The van der Waals surface area contributed by atoms with Gasteiger partial charge >= 0.3 is 0 Å². The Morgan fingerprint density at radius 1 is 0.267 bits per heavy atom. The van der Waals surface area contributed by atoms with E-state index in [9.17, 15) is 20.4 Å². The van der Waals surface area contributed by atoms with Crippen molar-refractivity contribution in [3.05, 3.63) is 146 Å². The molecule has 4 N–H and O–H groups in total. The summed E-state index contributed by atoms with van der Waals surface area (Å²) in [6.07, 6.45) is 0. The van der Waals surface area contributed by atoms with Crippen LogP contribution in [0.25, 0.3) is 67.8 Å². The summed E-state index contributed by atoms with van der Waals surface area (Å²) in [4.78, 5) is 18.7. The summed E-state index contributed by atoms with van der Waals surface area (Å²) < 4.78 is 20.8. The predicted octanol–water partition coefficient (Wildman–Crippen LogP) is 9.81. The molecular formula is C48H40N4O8. The number of aromatic hydroxyl groups is 4. The first-order valence-electron chi connectivity index (χ1n) is 18.6. The quantitative estimate of drug-likeness (QED) is 0.103. The third-order valence-corrected chi connectivity index (χ3v) is 9.50. The number of hydrogen-bond acceptors (Lipinski definition) is 12. The zero-order valence-electron chi connectivity index (χ0n) is 33.1. The molecule has 300 valence electrons. The number of aromatic nitrogens is 4. The maximum atomic E-state index is 10.5. The number of rotatable bonds is 10. The first kappa shape index (κ1) is 40.1. The normalized spacial score (nSPS) is 10.6. The Bertz CT molecular complexity index is 2410. The third-order valence-electron chi connectivity index (χ3n) is 9.50. The molecule has 4 heterocycles. The van der Waals surface area contributed by atoms with Gasteiger partial charge in [0.25, 0.3) is 0 Å². The molecule has 60 heavy (non-hydrogen) atoms. The van der Waals surface area contributed by atoms with Gasteiger partial charge in [0.1, 0.15) is 0 Å². The van der Waals surface area contributed by atoms with Gasteiger partial charge in [0.2, 0.25) is 0 Å². The van der Waals surface area contributed by atoms with Gasteiger partial charge < -0.3 is 39.4 Å². The molecule has 0 fully saturated rings. The second-order valence-electron chi connectivity index (χ2n) is 13.1. The molecule has 0 radical (unpaired) electrons. The second-order valence-corrected chi connectivity index (χ2v) is 13.1.